The van der Waals surface area contributed by atoms with Crippen molar-refractivity contribution < 1.29 is 4.79 Å². The molecule has 0 radical (unpaired) electrons. The van der Waals surface area contributed by atoms with Crippen molar-refractivity contribution in [3.05, 3.63) is 91.0 Å². The molecule has 0 saturated carbocycles. The van der Waals surface area contributed by atoms with Crippen molar-refractivity contribution in [2.75, 3.05) is 0 Å². The van der Waals surface area contributed by atoms with Gasteiger partial charge in [0.15, 0.2) is 0 Å². The Morgan fingerprint density at radius 1 is 1.07 bits per heavy atom. The largest absolute Gasteiger partial charge is 0.347 e. The van der Waals surface area contributed by atoms with Gasteiger partial charge in [-0.3, -0.25) is 14.2 Å². The number of aromatic nitrogens is 1. The fraction of sp³-hybridized carbons (Fsp3) is 0.304. The van der Waals surface area contributed by atoms with Crippen molar-refractivity contribution in [3.8, 4) is 0 Å². The normalized spacial score (nSPS) is 11.0. The lowest BCUT2D eigenvalue weighted by Crippen LogP contribution is -2.23. The van der Waals surface area contributed by atoms with Gasteiger partial charge in [0.25, 0.3) is 5.91 Å². The maximum Gasteiger partial charge on any atom is 0.308 e. The molecule has 0 aliphatic carbocycles. The van der Waals surface area contributed by atoms with E-state index in [-0.39, 0.29) is 10.8 Å². The van der Waals surface area contributed by atoms with Crippen LogP contribution in [-0.4, -0.2) is 10.5 Å². The Hall–Kier alpha value is -2.66. The summed E-state index contributed by atoms with van der Waals surface area (Å²) in [6.07, 6.45) is 0. The maximum atomic E-state index is 12.6. The van der Waals surface area contributed by atoms with Crippen molar-refractivity contribution in [3.63, 3.8) is 0 Å². The number of aryl methyl sites for hydroxylation is 1. The van der Waals surface area contributed by atoms with Crippen molar-refractivity contribution in [2.24, 2.45) is 0 Å². The van der Waals surface area contributed by atoms with Gasteiger partial charge in [-0.15, -0.1) is 0 Å². The zero-order chi connectivity index (χ0) is 20.3. The molecule has 1 heterocycles. The summed E-state index contributed by atoms with van der Waals surface area (Å²) in [7, 11) is 0. The molecule has 1 aromatic heterocycles. The predicted octanol–water partition coefficient (Wildman–Crippen LogP) is 4.63. The molecule has 1 amide bonds. The Balaban J connectivity index is 1.72. The zero-order valence-electron chi connectivity index (χ0n) is 16.8. The van der Waals surface area contributed by atoms with E-state index in [1.165, 1.54) is 5.56 Å². The van der Waals surface area contributed by atoms with Crippen LogP contribution in [0, 0.1) is 13.8 Å². The molecular weight excluding hydrogens is 368 g/mol. The number of hydrogen-bond donors (Lipinski definition) is 1. The van der Waals surface area contributed by atoms with E-state index in [1.807, 2.05) is 50.2 Å². The van der Waals surface area contributed by atoms with E-state index in [4.69, 9.17) is 0 Å². The van der Waals surface area contributed by atoms with Crippen molar-refractivity contribution in [2.45, 2.75) is 46.7 Å². The first kappa shape index (κ1) is 20.1. The second-order valence-corrected chi connectivity index (χ2v) is 8.34. The van der Waals surface area contributed by atoms with Gasteiger partial charge in [0, 0.05) is 12.2 Å². The van der Waals surface area contributed by atoms with Crippen LogP contribution in [0.3, 0.4) is 0 Å². The Kier molecular flexibility index (Phi) is 6.15. The van der Waals surface area contributed by atoms with Crippen LogP contribution in [0.25, 0.3) is 0 Å². The maximum absolute atomic E-state index is 12.6. The minimum absolute atomic E-state index is 0.104. The highest BCUT2D eigenvalue weighted by atomic mass is 32.1. The molecule has 28 heavy (non-hydrogen) atoms. The van der Waals surface area contributed by atoms with Gasteiger partial charge in [0.1, 0.15) is 4.88 Å². The molecule has 0 spiro atoms. The van der Waals surface area contributed by atoms with Crippen molar-refractivity contribution >= 4 is 17.2 Å². The monoisotopic (exact) mass is 394 g/mol. The van der Waals surface area contributed by atoms with Crippen molar-refractivity contribution in [1.82, 2.24) is 9.88 Å². The topological polar surface area (TPSA) is 51.1 Å². The van der Waals surface area contributed by atoms with Gasteiger partial charge in [-0.05, 0) is 42.0 Å². The molecule has 146 valence electrons. The van der Waals surface area contributed by atoms with Crippen LogP contribution in [0.4, 0.5) is 0 Å². The molecule has 0 aliphatic rings. The lowest BCUT2D eigenvalue weighted by Gasteiger charge is -2.09. The summed E-state index contributed by atoms with van der Waals surface area (Å²) in [5.41, 5.74) is 5.25. The van der Waals surface area contributed by atoms with E-state index < -0.39 is 0 Å². The van der Waals surface area contributed by atoms with Gasteiger partial charge < -0.3 is 5.32 Å². The van der Waals surface area contributed by atoms with E-state index >= 15 is 0 Å². The van der Waals surface area contributed by atoms with Gasteiger partial charge in [0.05, 0.1) is 6.54 Å². The number of benzene rings is 2. The molecule has 0 saturated heterocycles. The number of rotatable bonds is 6. The second kappa shape index (κ2) is 8.57. The summed E-state index contributed by atoms with van der Waals surface area (Å²) in [4.78, 5) is 25.5. The average Bonchev–Trinajstić information content (AvgIpc) is 2.96. The van der Waals surface area contributed by atoms with Gasteiger partial charge in [-0.25, -0.2) is 0 Å². The summed E-state index contributed by atoms with van der Waals surface area (Å²) < 4.78 is 1.68. The molecule has 1 N–H and O–H groups in total. The van der Waals surface area contributed by atoms with E-state index in [9.17, 15) is 9.59 Å². The van der Waals surface area contributed by atoms with Gasteiger partial charge >= 0.3 is 4.87 Å². The summed E-state index contributed by atoms with van der Waals surface area (Å²) in [6.45, 7) is 9.10. The Labute approximate surface area is 169 Å². The van der Waals surface area contributed by atoms with Crippen molar-refractivity contribution in [1.29, 1.82) is 0 Å². The molecule has 0 atom stereocenters. The summed E-state index contributed by atoms with van der Waals surface area (Å²) in [5, 5.41) is 2.94. The number of amides is 1. The lowest BCUT2D eigenvalue weighted by molar-refractivity contribution is 0.0954. The summed E-state index contributed by atoms with van der Waals surface area (Å²) in [5.74, 6) is 0.285. The third kappa shape index (κ3) is 4.42. The quantitative estimate of drug-likeness (QED) is 0.663. The fourth-order valence-electron chi connectivity index (χ4n) is 3.11. The molecule has 3 aromatic rings. The van der Waals surface area contributed by atoms with E-state index in [2.05, 4.69) is 31.3 Å². The van der Waals surface area contributed by atoms with E-state index in [0.29, 0.717) is 29.6 Å². The first-order chi connectivity index (χ1) is 13.4. The highest BCUT2D eigenvalue weighted by molar-refractivity contribution is 7.11. The number of carbonyl (C=O) groups excluding carboxylic acids is 1. The smallest absolute Gasteiger partial charge is 0.308 e. The van der Waals surface area contributed by atoms with Crippen LogP contribution >= 0.6 is 11.3 Å². The van der Waals surface area contributed by atoms with Crippen LogP contribution < -0.4 is 10.2 Å². The second-order valence-electron chi connectivity index (χ2n) is 7.37. The highest BCUT2D eigenvalue weighted by Gasteiger charge is 2.18. The Morgan fingerprint density at radius 3 is 2.39 bits per heavy atom. The molecule has 5 heteroatoms. The fourth-order valence-corrected chi connectivity index (χ4v) is 4.02. The molecule has 0 fully saturated rings. The standard InChI is InChI=1S/C23H26N2O2S/c1-15(2)19-11-9-18(10-12-19)13-24-22(26)21-17(4)25(23(27)28-21)14-20-8-6-5-7-16(20)3/h5-12,15H,13-14H2,1-4H3,(H,24,26). The number of nitrogens with zero attached hydrogens (tertiary/aromatic N) is 1. The van der Waals surface area contributed by atoms with E-state index in [1.54, 1.807) is 4.57 Å². The Morgan fingerprint density at radius 2 is 1.75 bits per heavy atom. The van der Waals surface area contributed by atoms with Gasteiger partial charge in [0.2, 0.25) is 0 Å². The van der Waals surface area contributed by atoms with Crippen LogP contribution in [0.1, 0.15) is 57.4 Å². The number of hydrogen-bond acceptors (Lipinski definition) is 3. The summed E-state index contributed by atoms with van der Waals surface area (Å²) in [6, 6.07) is 16.2. The third-order valence-corrected chi connectivity index (χ3v) is 6.12. The van der Waals surface area contributed by atoms with Crippen LogP contribution in [0.5, 0.6) is 0 Å². The van der Waals surface area contributed by atoms with Crippen LogP contribution in [0.15, 0.2) is 53.3 Å². The van der Waals surface area contributed by atoms with Crippen LogP contribution in [-0.2, 0) is 13.1 Å². The molecular formula is C23H26N2O2S. The SMILES string of the molecule is Cc1ccccc1Cn1c(C)c(C(=O)NCc2ccc(C(C)C)cc2)sc1=O. The number of nitrogens with one attached hydrogen (secondary N) is 1. The minimum atomic E-state index is -0.198. The number of carbonyl (C=O) groups is 1. The van der Waals surface area contributed by atoms with Gasteiger partial charge in [-0.2, -0.15) is 0 Å². The van der Waals surface area contributed by atoms with E-state index in [0.717, 1.165) is 28.0 Å². The lowest BCUT2D eigenvalue weighted by atomic mass is 10.0. The average molecular weight is 395 g/mol. The molecule has 4 nitrogen and oxygen atoms in total. The third-order valence-electron chi connectivity index (χ3n) is 5.04. The molecule has 0 bridgehead atoms. The first-order valence-corrected chi connectivity index (χ1v) is 10.3. The first-order valence-electron chi connectivity index (χ1n) is 9.48. The molecule has 0 aliphatic heterocycles. The molecule has 2 aromatic carbocycles. The Bertz CT molecular complexity index is 1030. The molecule has 3 rings (SSSR count). The minimum Gasteiger partial charge on any atom is -0.347 e. The highest BCUT2D eigenvalue weighted by Crippen LogP contribution is 2.17. The zero-order valence-corrected chi connectivity index (χ0v) is 17.6. The number of thiazole rings is 1. The van der Waals surface area contributed by atoms with Gasteiger partial charge in [-0.1, -0.05) is 73.7 Å². The molecule has 0 unspecified atom stereocenters. The predicted molar refractivity (Wildman–Crippen MR) is 115 cm³/mol. The van der Waals surface area contributed by atoms with Crippen LogP contribution in [0.2, 0.25) is 0 Å². The summed E-state index contributed by atoms with van der Waals surface area (Å²) >= 11 is 1.01.